The van der Waals surface area contributed by atoms with E-state index in [1.807, 2.05) is 0 Å². The summed E-state index contributed by atoms with van der Waals surface area (Å²) < 4.78 is 18.9. The smallest absolute Gasteiger partial charge is 0.256 e. The number of rotatable bonds is 2. The van der Waals surface area contributed by atoms with Gasteiger partial charge in [0.15, 0.2) is 0 Å². The molecule has 18 heavy (non-hydrogen) atoms. The first-order valence-corrected chi connectivity index (χ1v) is 6.26. The molecule has 0 aliphatic carbocycles. The minimum Gasteiger partial charge on any atom is -0.380 e. The van der Waals surface area contributed by atoms with Gasteiger partial charge in [0.25, 0.3) is 5.91 Å². The molecule has 2 rings (SSSR count). The summed E-state index contributed by atoms with van der Waals surface area (Å²) in [6.45, 7) is 1.13. The average molecular weight is 272 g/mol. The molecule has 0 aromatic heterocycles. The van der Waals surface area contributed by atoms with E-state index in [0.717, 1.165) is 12.8 Å². The van der Waals surface area contributed by atoms with E-state index in [-0.39, 0.29) is 17.6 Å². The van der Waals surface area contributed by atoms with Gasteiger partial charge in [-0.1, -0.05) is 11.6 Å². The minimum atomic E-state index is -0.538. The Morgan fingerprint density at radius 3 is 3.06 bits per heavy atom. The fourth-order valence-electron chi connectivity index (χ4n) is 2.15. The lowest BCUT2D eigenvalue weighted by Crippen LogP contribution is -2.43. The van der Waals surface area contributed by atoms with E-state index in [4.69, 9.17) is 16.3 Å². The normalized spacial score (nSPS) is 19.9. The van der Waals surface area contributed by atoms with Gasteiger partial charge in [-0.15, -0.1) is 0 Å². The van der Waals surface area contributed by atoms with Gasteiger partial charge in [0.05, 0.1) is 11.7 Å². The van der Waals surface area contributed by atoms with E-state index in [1.54, 1.807) is 12.0 Å². The van der Waals surface area contributed by atoms with Crippen LogP contribution in [0, 0.1) is 5.82 Å². The fraction of sp³-hybridized carbons (Fsp3) is 0.462. The molecule has 0 N–H and O–H groups in total. The maximum atomic E-state index is 13.6. The zero-order valence-electron chi connectivity index (χ0n) is 10.2. The number of piperidine rings is 1. The first-order chi connectivity index (χ1) is 8.61. The maximum Gasteiger partial charge on any atom is 0.256 e. The van der Waals surface area contributed by atoms with Gasteiger partial charge in [0.1, 0.15) is 5.82 Å². The van der Waals surface area contributed by atoms with Crippen LogP contribution in [0.2, 0.25) is 5.02 Å². The highest BCUT2D eigenvalue weighted by Crippen LogP contribution is 2.20. The first kappa shape index (κ1) is 13.3. The number of nitrogens with zero attached hydrogens (tertiary/aromatic N) is 1. The van der Waals surface area contributed by atoms with E-state index in [2.05, 4.69) is 0 Å². The second-order valence-electron chi connectivity index (χ2n) is 4.38. The Morgan fingerprint density at radius 2 is 2.33 bits per heavy atom. The SMILES string of the molecule is CO[C@@H]1CCCN(C(=O)c2cc(Cl)ccc2F)C1. The third kappa shape index (κ3) is 2.82. The fourth-order valence-corrected chi connectivity index (χ4v) is 2.32. The summed E-state index contributed by atoms with van der Waals surface area (Å²) in [5.41, 5.74) is 0.0271. The summed E-state index contributed by atoms with van der Waals surface area (Å²) in [7, 11) is 1.62. The Balaban J connectivity index is 2.17. The summed E-state index contributed by atoms with van der Waals surface area (Å²) in [5.74, 6) is -0.860. The first-order valence-electron chi connectivity index (χ1n) is 5.89. The van der Waals surface area contributed by atoms with Crippen LogP contribution < -0.4 is 0 Å². The summed E-state index contributed by atoms with van der Waals surface area (Å²) in [6.07, 6.45) is 1.83. The number of amides is 1. The Morgan fingerprint density at radius 1 is 1.56 bits per heavy atom. The Bertz CT molecular complexity index is 453. The van der Waals surface area contributed by atoms with Crippen LogP contribution in [-0.4, -0.2) is 37.1 Å². The van der Waals surface area contributed by atoms with Crippen LogP contribution in [0.25, 0.3) is 0 Å². The maximum absolute atomic E-state index is 13.6. The standard InChI is InChI=1S/C13H15ClFNO2/c1-18-10-3-2-6-16(8-10)13(17)11-7-9(14)4-5-12(11)15/h4-5,7,10H,2-3,6,8H2,1H3/t10-/m1/s1. The van der Waals surface area contributed by atoms with E-state index >= 15 is 0 Å². The van der Waals surface area contributed by atoms with Crippen molar-refractivity contribution in [3.05, 3.63) is 34.6 Å². The molecule has 1 aliphatic rings. The number of likely N-dealkylation sites (tertiary alicyclic amines) is 1. The summed E-state index contributed by atoms with van der Waals surface area (Å²) in [5, 5.41) is 0.361. The van der Waals surface area contributed by atoms with Gasteiger partial charge in [0.2, 0.25) is 0 Å². The zero-order chi connectivity index (χ0) is 13.1. The predicted molar refractivity (Wildman–Crippen MR) is 67.3 cm³/mol. The molecule has 0 bridgehead atoms. The lowest BCUT2D eigenvalue weighted by atomic mass is 10.1. The number of carbonyl (C=O) groups excluding carboxylic acids is 1. The van der Waals surface area contributed by atoms with Crippen molar-refractivity contribution in [2.75, 3.05) is 20.2 Å². The van der Waals surface area contributed by atoms with Crippen LogP contribution in [-0.2, 0) is 4.74 Å². The molecule has 0 unspecified atom stereocenters. The van der Waals surface area contributed by atoms with Gasteiger partial charge in [0, 0.05) is 25.2 Å². The highest BCUT2D eigenvalue weighted by Gasteiger charge is 2.25. The molecule has 1 atom stereocenters. The molecule has 98 valence electrons. The zero-order valence-corrected chi connectivity index (χ0v) is 10.9. The van der Waals surface area contributed by atoms with Crippen molar-refractivity contribution in [3.8, 4) is 0 Å². The van der Waals surface area contributed by atoms with E-state index in [9.17, 15) is 9.18 Å². The summed E-state index contributed by atoms with van der Waals surface area (Å²) in [6, 6.07) is 4.02. The molecule has 1 aromatic rings. The summed E-state index contributed by atoms with van der Waals surface area (Å²) >= 11 is 5.79. The monoisotopic (exact) mass is 271 g/mol. The van der Waals surface area contributed by atoms with Gasteiger partial charge in [-0.05, 0) is 31.0 Å². The minimum absolute atomic E-state index is 0.0271. The third-order valence-electron chi connectivity index (χ3n) is 3.16. The highest BCUT2D eigenvalue weighted by molar-refractivity contribution is 6.31. The van der Waals surface area contributed by atoms with Crippen LogP contribution in [0.5, 0.6) is 0 Å². The summed E-state index contributed by atoms with van der Waals surface area (Å²) in [4.78, 5) is 13.8. The second-order valence-corrected chi connectivity index (χ2v) is 4.81. The molecular formula is C13H15ClFNO2. The molecule has 1 heterocycles. The number of ether oxygens (including phenoxy) is 1. The average Bonchev–Trinajstić information content (AvgIpc) is 2.41. The predicted octanol–water partition coefficient (Wildman–Crippen LogP) is 2.73. The van der Waals surface area contributed by atoms with E-state index in [0.29, 0.717) is 18.1 Å². The molecule has 1 aliphatic heterocycles. The third-order valence-corrected chi connectivity index (χ3v) is 3.39. The molecule has 0 spiro atoms. The lowest BCUT2D eigenvalue weighted by molar-refractivity contribution is 0.0266. The van der Waals surface area contributed by atoms with Crippen LogP contribution >= 0.6 is 11.6 Å². The quantitative estimate of drug-likeness (QED) is 0.828. The number of benzene rings is 1. The van der Waals surface area contributed by atoms with Crippen LogP contribution in [0.1, 0.15) is 23.2 Å². The highest BCUT2D eigenvalue weighted by atomic mass is 35.5. The van der Waals surface area contributed by atoms with Crippen molar-refractivity contribution in [3.63, 3.8) is 0 Å². The molecular weight excluding hydrogens is 257 g/mol. The van der Waals surface area contributed by atoms with Crippen molar-refractivity contribution in [1.29, 1.82) is 0 Å². The molecule has 1 aromatic carbocycles. The van der Waals surface area contributed by atoms with Crippen LogP contribution in [0.15, 0.2) is 18.2 Å². The molecule has 0 radical (unpaired) electrons. The Kier molecular flexibility index (Phi) is 4.19. The van der Waals surface area contributed by atoms with Crippen molar-refractivity contribution in [1.82, 2.24) is 4.90 Å². The molecule has 1 saturated heterocycles. The van der Waals surface area contributed by atoms with Gasteiger partial charge in [-0.2, -0.15) is 0 Å². The van der Waals surface area contributed by atoms with Gasteiger partial charge < -0.3 is 9.64 Å². The van der Waals surface area contributed by atoms with E-state index < -0.39 is 5.82 Å². The van der Waals surface area contributed by atoms with Crippen molar-refractivity contribution >= 4 is 17.5 Å². The topological polar surface area (TPSA) is 29.5 Å². The van der Waals surface area contributed by atoms with Crippen LogP contribution in [0.4, 0.5) is 4.39 Å². The number of halogens is 2. The second kappa shape index (κ2) is 5.67. The molecule has 5 heteroatoms. The number of hydrogen-bond acceptors (Lipinski definition) is 2. The van der Waals surface area contributed by atoms with Crippen molar-refractivity contribution < 1.29 is 13.9 Å². The van der Waals surface area contributed by atoms with Crippen LogP contribution in [0.3, 0.4) is 0 Å². The van der Waals surface area contributed by atoms with Crippen molar-refractivity contribution in [2.45, 2.75) is 18.9 Å². The number of carbonyl (C=O) groups is 1. The van der Waals surface area contributed by atoms with Gasteiger partial charge in [-0.3, -0.25) is 4.79 Å². The molecule has 3 nitrogen and oxygen atoms in total. The largest absolute Gasteiger partial charge is 0.380 e. The number of hydrogen-bond donors (Lipinski definition) is 0. The lowest BCUT2D eigenvalue weighted by Gasteiger charge is -2.32. The Hall–Kier alpha value is -1.13. The number of methoxy groups -OCH3 is 1. The van der Waals surface area contributed by atoms with Gasteiger partial charge in [-0.25, -0.2) is 4.39 Å². The molecule has 1 amide bonds. The Labute approximate surface area is 110 Å². The van der Waals surface area contributed by atoms with E-state index in [1.165, 1.54) is 18.2 Å². The molecule has 0 saturated carbocycles. The molecule has 1 fully saturated rings. The van der Waals surface area contributed by atoms with Gasteiger partial charge >= 0.3 is 0 Å². The van der Waals surface area contributed by atoms with Crippen molar-refractivity contribution in [2.24, 2.45) is 0 Å².